The van der Waals surface area contributed by atoms with Crippen LogP contribution in [0.3, 0.4) is 0 Å². The third-order valence-electron chi connectivity index (χ3n) is 2.43. The summed E-state index contributed by atoms with van der Waals surface area (Å²) in [6.45, 7) is 5.66. The SMILES string of the molecule is C=CC(C)NC(=O)NC1COCC1C(=O)O. The van der Waals surface area contributed by atoms with Crippen LogP contribution in [0.5, 0.6) is 0 Å². The lowest BCUT2D eigenvalue weighted by Crippen LogP contribution is -2.48. The van der Waals surface area contributed by atoms with Gasteiger partial charge in [-0.3, -0.25) is 4.79 Å². The summed E-state index contributed by atoms with van der Waals surface area (Å²) in [6.07, 6.45) is 1.58. The van der Waals surface area contributed by atoms with Crippen LogP contribution >= 0.6 is 0 Å². The van der Waals surface area contributed by atoms with Crippen molar-refractivity contribution in [3.8, 4) is 0 Å². The topological polar surface area (TPSA) is 87.7 Å². The zero-order valence-electron chi connectivity index (χ0n) is 9.10. The summed E-state index contributed by atoms with van der Waals surface area (Å²) >= 11 is 0. The van der Waals surface area contributed by atoms with E-state index >= 15 is 0 Å². The average molecular weight is 228 g/mol. The fourth-order valence-electron chi connectivity index (χ4n) is 1.42. The van der Waals surface area contributed by atoms with Crippen molar-refractivity contribution in [2.24, 2.45) is 5.92 Å². The predicted octanol–water partition coefficient (Wildman–Crippen LogP) is -0.0403. The smallest absolute Gasteiger partial charge is 0.315 e. The molecular weight excluding hydrogens is 212 g/mol. The average Bonchev–Trinajstić information content (AvgIpc) is 2.65. The van der Waals surface area contributed by atoms with E-state index in [4.69, 9.17) is 9.84 Å². The Labute approximate surface area is 93.7 Å². The molecule has 6 nitrogen and oxygen atoms in total. The molecule has 0 bridgehead atoms. The van der Waals surface area contributed by atoms with Crippen molar-refractivity contribution >= 4 is 12.0 Å². The lowest BCUT2D eigenvalue weighted by atomic mass is 10.0. The molecule has 90 valence electrons. The zero-order chi connectivity index (χ0) is 12.1. The minimum absolute atomic E-state index is 0.136. The van der Waals surface area contributed by atoms with E-state index in [9.17, 15) is 9.59 Å². The van der Waals surface area contributed by atoms with E-state index in [0.717, 1.165) is 0 Å². The number of aliphatic carboxylic acids is 1. The van der Waals surface area contributed by atoms with Crippen molar-refractivity contribution < 1.29 is 19.4 Å². The predicted molar refractivity (Wildman–Crippen MR) is 57.1 cm³/mol. The van der Waals surface area contributed by atoms with Gasteiger partial charge in [0.25, 0.3) is 0 Å². The van der Waals surface area contributed by atoms with Crippen molar-refractivity contribution in [2.45, 2.75) is 19.0 Å². The third kappa shape index (κ3) is 3.23. The van der Waals surface area contributed by atoms with E-state index in [1.807, 2.05) is 0 Å². The van der Waals surface area contributed by atoms with Gasteiger partial charge in [-0.05, 0) is 6.92 Å². The van der Waals surface area contributed by atoms with Crippen LogP contribution in [0.2, 0.25) is 0 Å². The number of rotatable bonds is 4. The number of carboxylic acid groups (broad SMARTS) is 1. The monoisotopic (exact) mass is 228 g/mol. The molecular formula is C10H16N2O4. The van der Waals surface area contributed by atoms with Crippen molar-refractivity contribution in [3.05, 3.63) is 12.7 Å². The van der Waals surface area contributed by atoms with Crippen LogP contribution in [0.4, 0.5) is 4.79 Å². The maximum atomic E-state index is 11.4. The molecule has 1 aliphatic heterocycles. The first-order valence-electron chi connectivity index (χ1n) is 5.04. The molecule has 1 aliphatic rings. The number of urea groups is 1. The summed E-state index contributed by atoms with van der Waals surface area (Å²) in [5.41, 5.74) is 0. The van der Waals surface area contributed by atoms with Crippen LogP contribution in [0.1, 0.15) is 6.92 Å². The molecule has 0 aromatic carbocycles. The summed E-state index contributed by atoms with van der Waals surface area (Å²) in [4.78, 5) is 22.2. The molecule has 0 aromatic heterocycles. The Morgan fingerprint density at radius 1 is 1.56 bits per heavy atom. The van der Waals surface area contributed by atoms with Gasteiger partial charge < -0.3 is 20.5 Å². The maximum absolute atomic E-state index is 11.4. The first-order chi connectivity index (χ1) is 7.54. The van der Waals surface area contributed by atoms with E-state index in [2.05, 4.69) is 17.2 Å². The molecule has 1 rings (SSSR count). The molecule has 1 fully saturated rings. The van der Waals surface area contributed by atoms with Crippen LogP contribution in [-0.2, 0) is 9.53 Å². The van der Waals surface area contributed by atoms with Crippen LogP contribution in [0.15, 0.2) is 12.7 Å². The summed E-state index contributed by atoms with van der Waals surface area (Å²) in [6, 6.07) is -1.05. The van der Waals surface area contributed by atoms with Gasteiger partial charge in [0.2, 0.25) is 0 Å². The Bertz CT molecular complexity index is 293. The number of ether oxygens (including phenoxy) is 1. The summed E-state index contributed by atoms with van der Waals surface area (Å²) in [5.74, 6) is -1.63. The Morgan fingerprint density at radius 3 is 2.81 bits per heavy atom. The second-order valence-electron chi connectivity index (χ2n) is 3.73. The molecule has 3 N–H and O–H groups in total. The summed E-state index contributed by atoms with van der Waals surface area (Å²) in [5, 5.41) is 14.0. The van der Waals surface area contributed by atoms with Gasteiger partial charge in [-0.25, -0.2) is 4.79 Å². The number of carbonyl (C=O) groups excluding carboxylic acids is 1. The van der Waals surface area contributed by atoms with Gasteiger partial charge in [-0.15, -0.1) is 6.58 Å². The molecule has 3 unspecified atom stereocenters. The second-order valence-corrected chi connectivity index (χ2v) is 3.73. The minimum atomic E-state index is -0.959. The number of hydrogen-bond acceptors (Lipinski definition) is 3. The summed E-state index contributed by atoms with van der Waals surface area (Å²) < 4.78 is 5.02. The van der Waals surface area contributed by atoms with Gasteiger partial charge in [0.15, 0.2) is 0 Å². The van der Waals surface area contributed by atoms with Crippen LogP contribution in [0, 0.1) is 5.92 Å². The van der Waals surface area contributed by atoms with Crippen LogP contribution in [0.25, 0.3) is 0 Å². The molecule has 0 saturated carbocycles. The Kier molecular flexibility index (Phi) is 4.30. The molecule has 1 saturated heterocycles. The first-order valence-corrected chi connectivity index (χ1v) is 5.04. The molecule has 0 spiro atoms. The number of nitrogens with one attached hydrogen (secondary N) is 2. The highest BCUT2D eigenvalue weighted by atomic mass is 16.5. The number of hydrogen-bond donors (Lipinski definition) is 3. The zero-order valence-corrected chi connectivity index (χ0v) is 9.10. The van der Waals surface area contributed by atoms with E-state index in [-0.39, 0.29) is 19.3 Å². The fraction of sp³-hybridized carbons (Fsp3) is 0.600. The molecule has 3 atom stereocenters. The highest BCUT2D eigenvalue weighted by Gasteiger charge is 2.35. The number of amides is 2. The van der Waals surface area contributed by atoms with Gasteiger partial charge in [0.05, 0.1) is 19.3 Å². The highest BCUT2D eigenvalue weighted by molar-refractivity contribution is 5.77. The molecule has 6 heteroatoms. The molecule has 0 aliphatic carbocycles. The van der Waals surface area contributed by atoms with E-state index < -0.39 is 24.0 Å². The maximum Gasteiger partial charge on any atom is 0.315 e. The van der Waals surface area contributed by atoms with Crippen molar-refractivity contribution in [1.29, 1.82) is 0 Å². The van der Waals surface area contributed by atoms with E-state index in [1.165, 1.54) is 0 Å². The largest absolute Gasteiger partial charge is 0.481 e. The molecule has 0 radical (unpaired) electrons. The van der Waals surface area contributed by atoms with Crippen molar-refractivity contribution in [3.63, 3.8) is 0 Å². The Hall–Kier alpha value is -1.56. The normalized spacial score (nSPS) is 25.8. The van der Waals surface area contributed by atoms with Crippen LogP contribution in [-0.4, -0.2) is 42.4 Å². The van der Waals surface area contributed by atoms with Gasteiger partial charge in [0, 0.05) is 6.04 Å². The van der Waals surface area contributed by atoms with Crippen molar-refractivity contribution in [2.75, 3.05) is 13.2 Å². The third-order valence-corrected chi connectivity index (χ3v) is 2.43. The number of carboxylic acids is 1. The fourth-order valence-corrected chi connectivity index (χ4v) is 1.42. The number of carbonyl (C=O) groups is 2. The Balaban J connectivity index is 2.44. The summed E-state index contributed by atoms with van der Waals surface area (Å²) in [7, 11) is 0. The molecule has 0 aromatic rings. The Morgan fingerprint density at radius 2 is 2.25 bits per heavy atom. The second kappa shape index (κ2) is 5.50. The quantitative estimate of drug-likeness (QED) is 0.589. The lowest BCUT2D eigenvalue weighted by molar-refractivity contribution is -0.142. The minimum Gasteiger partial charge on any atom is -0.481 e. The first kappa shape index (κ1) is 12.5. The van der Waals surface area contributed by atoms with Crippen LogP contribution < -0.4 is 10.6 Å². The van der Waals surface area contributed by atoms with Gasteiger partial charge in [-0.2, -0.15) is 0 Å². The molecule has 16 heavy (non-hydrogen) atoms. The van der Waals surface area contributed by atoms with Gasteiger partial charge in [-0.1, -0.05) is 6.08 Å². The van der Waals surface area contributed by atoms with Gasteiger partial charge >= 0.3 is 12.0 Å². The highest BCUT2D eigenvalue weighted by Crippen LogP contribution is 2.13. The van der Waals surface area contributed by atoms with E-state index in [0.29, 0.717) is 0 Å². The standard InChI is InChI=1S/C10H16N2O4/c1-3-6(2)11-10(15)12-8-5-16-4-7(8)9(13)14/h3,6-8H,1,4-5H2,2H3,(H,13,14)(H2,11,12,15). The van der Waals surface area contributed by atoms with Gasteiger partial charge in [0.1, 0.15) is 5.92 Å². The van der Waals surface area contributed by atoms with E-state index in [1.54, 1.807) is 13.0 Å². The molecule has 2 amide bonds. The lowest BCUT2D eigenvalue weighted by Gasteiger charge is -2.17. The van der Waals surface area contributed by atoms with Crippen molar-refractivity contribution in [1.82, 2.24) is 10.6 Å². The molecule has 1 heterocycles.